The highest BCUT2D eigenvalue weighted by Crippen LogP contribution is 2.16. The summed E-state index contributed by atoms with van der Waals surface area (Å²) in [6.45, 7) is 8.59. The van der Waals surface area contributed by atoms with Crippen molar-refractivity contribution in [2.75, 3.05) is 18.0 Å². The Morgan fingerprint density at radius 3 is 2.00 bits per heavy atom. The molecule has 2 heteroatoms. The molecule has 0 saturated carbocycles. The van der Waals surface area contributed by atoms with Gasteiger partial charge in [0.05, 0.1) is 5.69 Å². The highest BCUT2D eigenvalue weighted by Gasteiger charge is 2.00. The molecule has 2 nitrogen and oxygen atoms in total. The average Bonchev–Trinajstić information content (AvgIpc) is 2.55. The molecule has 0 unspecified atom stereocenters. The van der Waals surface area contributed by atoms with E-state index in [0.29, 0.717) is 0 Å². The summed E-state index contributed by atoms with van der Waals surface area (Å²) in [7, 11) is 0. The second-order valence-corrected chi connectivity index (χ2v) is 5.04. The fourth-order valence-electron chi connectivity index (χ4n) is 2.33. The van der Waals surface area contributed by atoms with E-state index in [-0.39, 0.29) is 0 Å². The van der Waals surface area contributed by atoms with Crippen LogP contribution in [0.5, 0.6) is 0 Å². The van der Waals surface area contributed by atoms with E-state index >= 15 is 0 Å². The third kappa shape index (κ3) is 4.19. The molecule has 2 rings (SSSR count). The molecule has 0 aromatic heterocycles. The van der Waals surface area contributed by atoms with Gasteiger partial charge < -0.3 is 4.90 Å². The van der Waals surface area contributed by atoms with Gasteiger partial charge >= 0.3 is 0 Å². The molecule has 21 heavy (non-hydrogen) atoms. The number of benzene rings is 2. The molecule has 0 N–H and O–H groups in total. The molecule has 0 saturated heterocycles. The monoisotopic (exact) mass is 280 g/mol. The molecule has 0 amide bonds. The van der Waals surface area contributed by atoms with Crippen molar-refractivity contribution >= 4 is 17.6 Å². The zero-order chi connectivity index (χ0) is 15.1. The smallest absolute Gasteiger partial charge is 0.0630 e. The predicted octanol–water partition coefficient (Wildman–Crippen LogP) is 4.85. The largest absolute Gasteiger partial charge is 0.372 e. The van der Waals surface area contributed by atoms with Gasteiger partial charge in [0.15, 0.2) is 0 Å². The molecule has 0 radical (unpaired) electrons. The quantitative estimate of drug-likeness (QED) is 0.691. The fourth-order valence-corrected chi connectivity index (χ4v) is 2.33. The summed E-state index contributed by atoms with van der Waals surface area (Å²) in [4.78, 5) is 6.87. The van der Waals surface area contributed by atoms with Crippen LogP contribution in [0.15, 0.2) is 53.5 Å². The van der Waals surface area contributed by atoms with Crippen molar-refractivity contribution in [2.24, 2.45) is 4.99 Å². The molecule has 0 aliphatic carbocycles. The van der Waals surface area contributed by atoms with Crippen LogP contribution < -0.4 is 4.90 Å². The van der Waals surface area contributed by atoms with Crippen molar-refractivity contribution in [3.8, 4) is 0 Å². The van der Waals surface area contributed by atoms with Crippen molar-refractivity contribution in [2.45, 2.75) is 27.2 Å². The molecule has 110 valence electrons. The molecule has 0 atom stereocenters. The molecular weight excluding hydrogens is 256 g/mol. The number of nitrogens with zero attached hydrogens (tertiary/aromatic N) is 2. The zero-order valence-corrected chi connectivity index (χ0v) is 13.2. The standard InChI is InChI=1S/C19H24N2/c1-4-16-7-11-18(12-8-16)20-15-17-9-13-19(14-10-17)21(5-2)6-3/h7-15H,4-6H2,1-3H3. The number of anilines is 1. The van der Waals surface area contributed by atoms with E-state index in [1.165, 1.54) is 11.3 Å². The Labute approximate surface area is 128 Å². The van der Waals surface area contributed by atoms with E-state index in [1.54, 1.807) is 0 Å². The Balaban J connectivity index is 2.06. The minimum atomic E-state index is 1.00. The van der Waals surface area contributed by atoms with Crippen LogP contribution in [-0.2, 0) is 6.42 Å². The Morgan fingerprint density at radius 1 is 0.857 bits per heavy atom. The Hall–Kier alpha value is -2.09. The molecule has 2 aromatic carbocycles. The van der Waals surface area contributed by atoms with Crippen LogP contribution in [0.4, 0.5) is 11.4 Å². The van der Waals surface area contributed by atoms with Gasteiger partial charge in [-0.25, -0.2) is 0 Å². The van der Waals surface area contributed by atoms with Gasteiger partial charge in [-0.05, 0) is 55.7 Å². The summed E-state index contributed by atoms with van der Waals surface area (Å²) in [6, 6.07) is 17.0. The van der Waals surface area contributed by atoms with Gasteiger partial charge in [-0.15, -0.1) is 0 Å². The molecule has 0 fully saturated rings. The Bertz CT molecular complexity index is 564. The van der Waals surface area contributed by atoms with Crippen LogP contribution in [0.3, 0.4) is 0 Å². The number of rotatable bonds is 6. The topological polar surface area (TPSA) is 15.6 Å². The maximum atomic E-state index is 4.53. The van der Waals surface area contributed by atoms with E-state index in [1.807, 2.05) is 6.21 Å². The summed E-state index contributed by atoms with van der Waals surface area (Å²) in [6.07, 6.45) is 2.99. The maximum Gasteiger partial charge on any atom is 0.0630 e. The molecule has 0 heterocycles. The van der Waals surface area contributed by atoms with E-state index in [9.17, 15) is 0 Å². The summed E-state index contributed by atoms with van der Waals surface area (Å²) in [5.74, 6) is 0. The number of hydrogen-bond donors (Lipinski definition) is 0. The molecule has 0 spiro atoms. The van der Waals surface area contributed by atoms with E-state index in [2.05, 4.69) is 79.2 Å². The lowest BCUT2D eigenvalue weighted by Gasteiger charge is -2.20. The molecular formula is C19H24N2. The lowest BCUT2D eigenvalue weighted by molar-refractivity contribution is 0.866. The van der Waals surface area contributed by atoms with Crippen molar-refractivity contribution in [1.82, 2.24) is 0 Å². The van der Waals surface area contributed by atoms with Gasteiger partial charge in [0.1, 0.15) is 0 Å². The first-order valence-electron chi connectivity index (χ1n) is 7.74. The van der Waals surface area contributed by atoms with Crippen LogP contribution in [0, 0.1) is 0 Å². The van der Waals surface area contributed by atoms with Gasteiger partial charge in [-0.1, -0.05) is 31.2 Å². The van der Waals surface area contributed by atoms with Crippen molar-refractivity contribution < 1.29 is 0 Å². The van der Waals surface area contributed by atoms with Crippen molar-refractivity contribution in [3.63, 3.8) is 0 Å². The molecule has 0 aliphatic heterocycles. The fraction of sp³-hybridized carbons (Fsp3) is 0.316. The van der Waals surface area contributed by atoms with Gasteiger partial charge in [0, 0.05) is 25.0 Å². The summed E-state index contributed by atoms with van der Waals surface area (Å²) in [5, 5.41) is 0. The van der Waals surface area contributed by atoms with E-state index < -0.39 is 0 Å². The first-order chi connectivity index (χ1) is 10.3. The minimum Gasteiger partial charge on any atom is -0.372 e. The summed E-state index contributed by atoms with van der Waals surface area (Å²) < 4.78 is 0. The van der Waals surface area contributed by atoms with Crippen molar-refractivity contribution in [3.05, 3.63) is 59.7 Å². The summed E-state index contributed by atoms with van der Waals surface area (Å²) in [5.41, 5.74) is 4.74. The van der Waals surface area contributed by atoms with Crippen LogP contribution >= 0.6 is 0 Å². The number of hydrogen-bond acceptors (Lipinski definition) is 2. The third-order valence-electron chi connectivity index (χ3n) is 3.73. The zero-order valence-electron chi connectivity index (χ0n) is 13.2. The lowest BCUT2D eigenvalue weighted by Crippen LogP contribution is -2.21. The highest BCUT2D eigenvalue weighted by atomic mass is 15.1. The average molecular weight is 280 g/mol. The van der Waals surface area contributed by atoms with Crippen LogP contribution in [-0.4, -0.2) is 19.3 Å². The third-order valence-corrected chi connectivity index (χ3v) is 3.73. The molecule has 0 aliphatic rings. The highest BCUT2D eigenvalue weighted by molar-refractivity contribution is 5.82. The SMILES string of the molecule is CCc1ccc(N=Cc2ccc(N(CC)CC)cc2)cc1. The second kappa shape index (κ2) is 7.63. The lowest BCUT2D eigenvalue weighted by atomic mass is 10.1. The van der Waals surface area contributed by atoms with Gasteiger partial charge in [-0.2, -0.15) is 0 Å². The van der Waals surface area contributed by atoms with Crippen molar-refractivity contribution in [1.29, 1.82) is 0 Å². The van der Waals surface area contributed by atoms with E-state index in [0.717, 1.165) is 30.8 Å². The van der Waals surface area contributed by atoms with Crippen LogP contribution in [0.2, 0.25) is 0 Å². The number of aliphatic imine (C=N–C) groups is 1. The molecule has 0 bridgehead atoms. The minimum absolute atomic E-state index is 1.00. The van der Waals surface area contributed by atoms with Gasteiger partial charge in [0.2, 0.25) is 0 Å². The predicted molar refractivity (Wildman–Crippen MR) is 93.1 cm³/mol. The second-order valence-electron chi connectivity index (χ2n) is 5.04. The van der Waals surface area contributed by atoms with Gasteiger partial charge in [0.25, 0.3) is 0 Å². The first-order valence-corrected chi connectivity index (χ1v) is 7.74. The summed E-state index contributed by atoms with van der Waals surface area (Å²) >= 11 is 0. The van der Waals surface area contributed by atoms with Crippen LogP contribution in [0.1, 0.15) is 31.9 Å². The van der Waals surface area contributed by atoms with Crippen LogP contribution in [0.25, 0.3) is 0 Å². The Morgan fingerprint density at radius 2 is 1.48 bits per heavy atom. The normalized spacial score (nSPS) is 11.0. The maximum absolute atomic E-state index is 4.53. The van der Waals surface area contributed by atoms with Gasteiger partial charge in [-0.3, -0.25) is 4.99 Å². The Kier molecular flexibility index (Phi) is 5.56. The van der Waals surface area contributed by atoms with E-state index in [4.69, 9.17) is 0 Å². The first kappa shape index (κ1) is 15.3. The molecule has 2 aromatic rings. The number of aryl methyl sites for hydroxylation is 1.